The van der Waals surface area contributed by atoms with Crippen molar-refractivity contribution in [1.82, 2.24) is 10.6 Å². The molecular weight excluding hydrogens is 304 g/mol. The van der Waals surface area contributed by atoms with Crippen molar-refractivity contribution in [2.45, 2.75) is 18.9 Å². The van der Waals surface area contributed by atoms with Gasteiger partial charge in [-0.2, -0.15) is 0 Å². The van der Waals surface area contributed by atoms with Gasteiger partial charge in [-0.1, -0.05) is 48.5 Å². The Balaban J connectivity index is 1.80. The van der Waals surface area contributed by atoms with E-state index in [2.05, 4.69) is 10.6 Å². The summed E-state index contributed by atoms with van der Waals surface area (Å²) < 4.78 is 0. The van der Waals surface area contributed by atoms with E-state index in [0.29, 0.717) is 36.1 Å². The average Bonchev–Trinajstić information content (AvgIpc) is 2.63. The number of hydrogen-bond donors (Lipinski definition) is 2. The van der Waals surface area contributed by atoms with Gasteiger partial charge in [-0.05, 0) is 12.5 Å². The first kappa shape index (κ1) is 15.9. The fourth-order valence-corrected chi connectivity index (χ4v) is 2.74. The van der Waals surface area contributed by atoms with E-state index < -0.39 is 0 Å². The molecule has 1 aliphatic heterocycles. The van der Waals surface area contributed by atoms with Crippen LogP contribution in [0.3, 0.4) is 0 Å². The van der Waals surface area contributed by atoms with E-state index in [4.69, 9.17) is 0 Å². The predicted octanol–water partition coefficient (Wildman–Crippen LogP) is 1.93. The molecule has 122 valence electrons. The van der Waals surface area contributed by atoms with Crippen LogP contribution in [0.1, 0.15) is 39.1 Å². The lowest BCUT2D eigenvalue weighted by atomic mass is 9.97. The Morgan fingerprint density at radius 1 is 0.958 bits per heavy atom. The molecule has 2 aromatic carbocycles. The Morgan fingerprint density at radius 3 is 2.29 bits per heavy atom. The Labute approximate surface area is 140 Å². The molecule has 1 aliphatic rings. The van der Waals surface area contributed by atoms with Gasteiger partial charge < -0.3 is 10.6 Å². The first-order valence-electron chi connectivity index (χ1n) is 7.91. The van der Waals surface area contributed by atoms with Crippen LogP contribution in [-0.4, -0.2) is 30.2 Å². The summed E-state index contributed by atoms with van der Waals surface area (Å²) in [6.45, 7) is 0.416. The van der Waals surface area contributed by atoms with Crippen molar-refractivity contribution in [3.8, 4) is 0 Å². The van der Waals surface area contributed by atoms with Gasteiger partial charge in [0.15, 0.2) is 5.78 Å². The van der Waals surface area contributed by atoms with Crippen molar-refractivity contribution in [3.63, 3.8) is 0 Å². The summed E-state index contributed by atoms with van der Waals surface area (Å²) >= 11 is 0. The van der Waals surface area contributed by atoms with E-state index in [0.717, 1.165) is 0 Å². The molecule has 0 aliphatic carbocycles. The maximum atomic E-state index is 12.7. The minimum absolute atomic E-state index is 0.000143. The third-order valence-corrected chi connectivity index (χ3v) is 4.05. The third-order valence-electron chi connectivity index (χ3n) is 4.05. The molecule has 1 heterocycles. The molecule has 5 heteroatoms. The Morgan fingerprint density at radius 2 is 1.62 bits per heavy atom. The lowest BCUT2D eigenvalue weighted by Crippen LogP contribution is -2.47. The number of piperidine rings is 1. The quantitative estimate of drug-likeness (QED) is 0.845. The number of nitrogens with one attached hydrogen (secondary N) is 2. The van der Waals surface area contributed by atoms with E-state index in [1.54, 1.807) is 48.5 Å². The zero-order chi connectivity index (χ0) is 16.9. The second kappa shape index (κ2) is 7.08. The molecule has 1 fully saturated rings. The third kappa shape index (κ3) is 3.51. The van der Waals surface area contributed by atoms with Gasteiger partial charge in [-0.3, -0.25) is 14.4 Å². The molecule has 0 aromatic heterocycles. The zero-order valence-corrected chi connectivity index (χ0v) is 13.1. The smallest absolute Gasteiger partial charge is 0.252 e. The van der Waals surface area contributed by atoms with Crippen LogP contribution in [0, 0.1) is 0 Å². The molecule has 0 saturated carbocycles. The summed E-state index contributed by atoms with van der Waals surface area (Å²) in [5, 5.41) is 5.63. The Hall–Kier alpha value is -2.95. The predicted molar refractivity (Wildman–Crippen MR) is 89.8 cm³/mol. The summed E-state index contributed by atoms with van der Waals surface area (Å²) in [5.74, 6) is -0.477. The van der Waals surface area contributed by atoms with Gasteiger partial charge in [0, 0.05) is 30.1 Å². The molecule has 2 aromatic rings. The highest BCUT2D eigenvalue weighted by Gasteiger charge is 2.23. The van der Waals surface area contributed by atoms with Crippen molar-refractivity contribution >= 4 is 17.6 Å². The molecule has 0 bridgehead atoms. The molecule has 1 atom stereocenters. The van der Waals surface area contributed by atoms with Crippen LogP contribution in [0.15, 0.2) is 54.6 Å². The molecule has 1 saturated heterocycles. The lowest BCUT2D eigenvalue weighted by Gasteiger charge is -2.23. The standard InChI is InChI=1S/C19H18N2O3/c22-17-11-10-14(12-20-17)21-19(24)16-9-5-4-8-15(16)18(23)13-6-2-1-3-7-13/h1-9,14H,10-12H2,(H,20,22)(H,21,24). The van der Waals surface area contributed by atoms with Crippen LogP contribution in [0.5, 0.6) is 0 Å². The largest absolute Gasteiger partial charge is 0.354 e. The van der Waals surface area contributed by atoms with Crippen LogP contribution in [0.2, 0.25) is 0 Å². The lowest BCUT2D eigenvalue weighted by molar-refractivity contribution is -0.122. The topological polar surface area (TPSA) is 75.3 Å². The van der Waals surface area contributed by atoms with E-state index in [1.165, 1.54) is 0 Å². The summed E-state index contributed by atoms with van der Waals surface area (Å²) in [6, 6.07) is 15.6. The van der Waals surface area contributed by atoms with Gasteiger partial charge in [0.25, 0.3) is 5.91 Å². The number of carbonyl (C=O) groups excluding carboxylic acids is 3. The SMILES string of the molecule is O=C1CCC(NC(=O)c2ccccc2C(=O)c2ccccc2)CN1. The van der Waals surface area contributed by atoms with Gasteiger partial charge in [0.2, 0.25) is 5.91 Å². The summed E-state index contributed by atoms with van der Waals surface area (Å²) in [6.07, 6.45) is 1.00. The highest BCUT2D eigenvalue weighted by atomic mass is 16.2. The molecule has 0 radical (unpaired) electrons. The number of benzene rings is 2. The molecule has 1 unspecified atom stereocenters. The van der Waals surface area contributed by atoms with Crippen LogP contribution in [0.4, 0.5) is 0 Å². The van der Waals surface area contributed by atoms with Crippen LogP contribution < -0.4 is 10.6 Å². The average molecular weight is 322 g/mol. The fraction of sp³-hybridized carbons (Fsp3) is 0.211. The number of rotatable bonds is 4. The van der Waals surface area contributed by atoms with Gasteiger partial charge in [-0.15, -0.1) is 0 Å². The normalized spacial score (nSPS) is 17.0. The highest BCUT2D eigenvalue weighted by molar-refractivity contribution is 6.15. The van der Waals surface area contributed by atoms with Crippen molar-refractivity contribution in [3.05, 3.63) is 71.3 Å². The molecule has 2 N–H and O–H groups in total. The van der Waals surface area contributed by atoms with Gasteiger partial charge in [-0.25, -0.2) is 0 Å². The number of hydrogen-bond acceptors (Lipinski definition) is 3. The summed E-state index contributed by atoms with van der Waals surface area (Å²) in [7, 11) is 0. The zero-order valence-electron chi connectivity index (χ0n) is 13.1. The van der Waals surface area contributed by atoms with Crippen molar-refractivity contribution in [1.29, 1.82) is 0 Å². The molecule has 24 heavy (non-hydrogen) atoms. The highest BCUT2D eigenvalue weighted by Crippen LogP contribution is 2.15. The first-order chi connectivity index (χ1) is 11.6. The Kier molecular flexibility index (Phi) is 4.70. The maximum absolute atomic E-state index is 12.7. The van der Waals surface area contributed by atoms with Crippen molar-refractivity contribution in [2.24, 2.45) is 0 Å². The van der Waals surface area contributed by atoms with E-state index in [-0.39, 0.29) is 23.6 Å². The minimum atomic E-state index is -0.295. The number of carbonyl (C=O) groups is 3. The molecular formula is C19H18N2O3. The van der Waals surface area contributed by atoms with Crippen LogP contribution in [-0.2, 0) is 4.79 Å². The van der Waals surface area contributed by atoms with Gasteiger partial charge >= 0.3 is 0 Å². The number of ketones is 1. The van der Waals surface area contributed by atoms with E-state index >= 15 is 0 Å². The summed E-state index contributed by atoms with van der Waals surface area (Å²) in [5.41, 5.74) is 1.27. The van der Waals surface area contributed by atoms with E-state index in [9.17, 15) is 14.4 Å². The minimum Gasteiger partial charge on any atom is -0.354 e. The van der Waals surface area contributed by atoms with Crippen molar-refractivity contribution < 1.29 is 14.4 Å². The van der Waals surface area contributed by atoms with Gasteiger partial charge in [0.1, 0.15) is 0 Å². The molecule has 0 spiro atoms. The Bertz CT molecular complexity index is 761. The van der Waals surface area contributed by atoms with Crippen LogP contribution in [0.25, 0.3) is 0 Å². The first-order valence-corrected chi connectivity index (χ1v) is 7.91. The second-order valence-electron chi connectivity index (χ2n) is 5.75. The molecule has 5 nitrogen and oxygen atoms in total. The van der Waals surface area contributed by atoms with Crippen molar-refractivity contribution in [2.75, 3.05) is 6.54 Å². The molecule has 3 rings (SSSR count). The monoisotopic (exact) mass is 322 g/mol. The van der Waals surface area contributed by atoms with Gasteiger partial charge in [0.05, 0.1) is 5.56 Å². The van der Waals surface area contributed by atoms with Crippen LogP contribution >= 0.6 is 0 Å². The second-order valence-corrected chi connectivity index (χ2v) is 5.75. The fourth-order valence-electron chi connectivity index (χ4n) is 2.74. The number of amides is 2. The van der Waals surface area contributed by atoms with E-state index in [1.807, 2.05) is 6.07 Å². The summed E-state index contributed by atoms with van der Waals surface area (Å²) in [4.78, 5) is 36.4. The molecule has 2 amide bonds. The maximum Gasteiger partial charge on any atom is 0.252 e.